The summed E-state index contributed by atoms with van der Waals surface area (Å²) in [6.07, 6.45) is 5.23. The molecule has 5 heteroatoms. The molecule has 1 fully saturated rings. The van der Waals surface area contributed by atoms with Crippen molar-refractivity contribution < 1.29 is 9.90 Å². The van der Waals surface area contributed by atoms with Crippen molar-refractivity contribution in [1.82, 2.24) is 9.88 Å². The molecule has 0 aliphatic carbocycles. The van der Waals surface area contributed by atoms with E-state index >= 15 is 0 Å². The highest BCUT2D eigenvalue weighted by atomic mass is 32.1. The molecular formula is C13H20N2O2S. The molecule has 0 bridgehead atoms. The molecule has 1 aliphatic heterocycles. The first kappa shape index (κ1) is 13.5. The zero-order valence-electron chi connectivity index (χ0n) is 10.7. The van der Waals surface area contributed by atoms with Crippen molar-refractivity contribution in [2.75, 3.05) is 13.1 Å². The van der Waals surface area contributed by atoms with E-state index in [0.29, 0.717) is 18.4 Å². The fraction of sp³-hybridized carbons (Fsp3) is 0.692. The first-order chi connectivity index (χ1) is 8.66. The van der Waals surface area contributed by atoms with Crippen LogP contribution in [0.3, 0.4) is 0 Å². The van der Waals surface area contributed by atoms with Crippen LogP contribution in [0.2, 0.25) is 0 Å². The standard InChI is InChI=1S/C13H20N2O2S/c1-10(13-14-6-9-18-13)15-7-4-11(5-8-15)2-3-12(16)17/h6,9-11H,2-5,7-8H2,1H3,(H,16,17). The molecule has 0 saturated carbocycles. The molecule has 1 aromatic rings. The van der Waals surface area contributed by atoms with Crippen LogP contribution in [0.4, 0.5) is 0 Å². The van der Waals surface area contributed by atoms with Crippen LogP contribution in [0.15, 0.2) is 11.6 Å². The minimum Gasteiger partial charge on any atom is -0.481 e. The molecule has 1 atom stereocenters. The van der Waals surface area contributed by atoms with Crippen LogP contribution in [0.5, 0.6) is 0 Å². The molecular weight excluding hydrogens is 248 g/mol. The van der Waals surface area contributed by atoms with Gasteiger partial charge < -0.3 is 5.11 Å². The van der Waals surface area contributed by atoms with Crippen LogP contribution < -0.4 is 0 Å². The molecule has 0 aromatic carbocycles. The maximum absolute atomic E-state index is 10.6. The predicted molar refractivity (Wildman–Crippen MR) is 71.7 cm³/mol. The van der Waals surface area contributed by atoms with Gasteiger partial charge in [-0.1, -0.05) is 0 Å². The number of rotatable bonds is 5. The van der Waals surface area contributed by atoms with Crippen LogP contribution in [0, 0.1) is 5.92 Å². The Hall–Kier alpha value is -0.940. The average Bonchev–Trinajstić information content (AvgIpc) is 2.90. The van der Waals surface area contributed by atoms with Gasteiger partial charge in [0.15, 0.2) is 0 Å². The number of thiazole rings is 1. The Morgan fingerprint density at radius 1 is 1.61 bits per heavy atom. The summed E-state index contributed by atoms with van der Waals surface area (Å²) in [6.45, 7) is 4.33. The molecule has 0 amide bonds. The Labute approximate surface area is 112 Å². The number of hydrogen-bond donors (Lipinski definition) is 1. The van der Waals surface area contributed by atoms with E-state index in [4.69, 9.17) is 5.11 Å². The smallest absolute Gasteiger partial charge is 0.303 e. The zero-order chi connectivity index (χ0) is 13.0. The number of piperidine rings is 1. The maximum Gasteiger partial charge on any atom is 0.303 e. The van der Waals surface area contributed by atoms with Crippen LogP contribution in [0.1, 0.15) is 43.7 Å². The quantitative estimate of drug-likeness (QED) is 0.892. The van der Waals surface area contributed by atoms with Gasteiger partial charge in [-0.2, -0.15) is 0 Å². The lowest BCUT2D eigenvalue weighted by atomic mass is 9.91. The van der Waals surface area contributed by atoms with Gasteiger partial charge in [0.05, 0.1) is 6.04 Å². The second kappa shape index (κ2) is 6.29. The number of carbonyl (C=O) groups is 1. The fourth-order valence-electron chi connectivity index (χ4n) is 2.55. The normalized spacial score (nSPS) is 19.8. The number of carboxylic acid groups (broad SMARTS) is 1. The molecule has 4 nitrogen and oxygen atoms in total. The third-order valence-corrected chi connectivity index (χ3v) is 4.72. The van der Waals surface area contributed by atoms with Crippen molar-refractivity contribution in [1.29, 1.82) is 0 Å². The largest absolute Gasteiger partial charge is 0.481 e. The van der Waals surface area contributed by atoms with Crippen molar-refractivity contribution in [2.45, 2.75) is 38.6 Å². The zero-order valence-corrected chi connectivity index (χ0v) is 11.5. The summed E-state index contributed by atoms with van der Waals surface area (Å²) >= 11 is 1.71. The van der Waals surface area contributed by atoms with Crippen molar-refractivity contribution >= 4 is 17.3 Å². The Bertz CT molecular complexity index is 372. The summed E-state index contributed by atoms with van der Waals surface area (Å²) < 4.78 is 0. The minimum absolute atomic E-state index is 0.312. The van der Waals surface area contributed by atoms with Gasteiger partial charge in [-0.3, -0.25) is 9.69 Å². The third kappa shape index (κ3) is 3.53. The summed E-state index contributed by atoms with van der Waals surface area (Å²) in [7, 11) is 0. The van der Waals surface area contributed by atoms with E-state index in [1.807, 2.05) is 11.6 Å². The summed E-state index contributed by atoms with van der Waals surface area (Å²) in [5.41, 5.74) is 0. The number of hydrogen-bond acceptors (Lipinski definition) is 4. The lowest BCUT2D eigenvalue weighted by Gasteiger charge is -2.35. The second-order valence-electron chi connectivity index (χ2n) is 4.96. The number of nitrogens with zero attached hydrogens (tertiary/aromatic N) is 2. The van der Waals surface area contributed by atoms with Gasteiger partial charge in [0.1, 0.15) is 5.01 Å². The summed E-state index contributed by atoms with van der Waals surface area (Å²) in [5.74, 6) is -0.0885. The Morgan fingerprint density at radius 3 is 2.89 bits per heavy atom. The molecule has 2 heterocycles. The SMILES string of the molecule is CC(c1nccs1)N1CCC(CCC(=O)O)CC1. The Kier molecular flexibility index (Phi) is 4.72. The highest BCUT2D eigenvalue weighted by Gasteiger charge is 2.24. The molecule has 1 saturated heterocycles. The molecule has 1 N–H and O–H groups in total. The first-order valence-electron chi connectivity index (χ1n) is 6.52. The van der Waals surface area contributed by atoms with Crippen LogP contribution in [0.25, 0.3) is 0 Å². The van der Waals surface area contributed by atoms with E-state index in [1.165, 1.54) is 5.01 Å². The molecule has 0 radical (unpaired) electrons. The molecule has 100 valence electrons. The van der Waals surface area contributed by atoms with Gasteiger partial charge in [-0.05, 0) is 45.2 Å². The van der Waals surface area contributed by atoms with E-state index in [2.05, 4.69) is 16.8 Å². The van der Waals surface area contributed by atoms with Crippen LogP contribution in [-0.4, -0.2) is 34.0 Å². The minimum atomic E-state index is -0.673. The predicted octanol–water partition coefficient (Wildman–Crippen LogP) is 2.78. The monoisotopic (exact) mass is 268 g/mol. The van der Waals surface area contributed by atoms with Crippen molar-refractivity contribution in [3.05, 3.63) is 16.6 Å². The van der Waals surface area contributed by atoms with Crippen molar-refractivity contribution in [2.24, 2.45) is 5.92 Å². The second-order valence-corrected chi connectivity index (χ2v) is 5.88. The van der Waals surface area contributed by atoms with E-state index in [0.717, 1.165) is 32.4 Å². The molecule has 1 aromatic heterocycles. The molecule has 1 aliphatic rings. The van der Waals surface area contributed by atoms with E-state index in [-0.39, 0.29) is 0 Å². The van der Waals surface area contributed by atoms with Gasteiger partial charge in [-0.25, -0.2) is 4.98 Å². The summed E-state index contributed by atoms with van der Waals surface area (Å²) in [6, 6.07) is 0.394. The van der Waals surface area contributed by atoms with Gasteiger partial charge in [0.2, 0.25) is 0 Å². The first-order valence-corrected chi connectivity index (χ1v) is 7.40. The molecule has 18 heavy (non-hydrogen) atoms. The van der Waals surface area contributed by atoms with E-state index in [9.17, 15) is 4.79 Å². The number of aliphatic carboxylic acids is 1. The van der Waals surface area contributed by atoms with Gasteiger partial charge in [-0.15, -0.1) is 11.3 Å². The Balaban J connectivity index is 1.78. The lowest BCUT2D eigenvalue weighted by Crippen LogP contribution is -2.35. The molecule has 0 spiro atoms. The maximum atomic E-state index is 10.6. The van der Waals surface area contributed by atoms with E-state index < -0.39 is 5.97 Å². The topological polar surface area (TPSA) is 53.4 Å². The van der Waals surface area contributed by atoms with Crippen LogP contribution >= 0.6 is 11.3 Å². The fourth-order valence-corrected chi connectivity index (χ4v) is 3.28. The number of aromatic nitrogens is 1. The summed E-state index contributed by atoms with van der Waals surface area (Å²) in [4.78, 5) is 17.4. The lowest BCUT2D eigenvalue weighted by molar-refractivity contribution is -0.137. The van der Waals surface area contributed by atoms with Crippen molar-refractivity contribution in [3.8, 4) is 0 Å². The van der Waals surface area contributed by atoms with E-state index in [1.54, 1.807) is 11.3 Å². The number of likely N-dealkylation sites (tertiary alicyclic amines) is 1. The third-order valence-electron chi connectivity index (χ3n) is 3.77. The summed E-state index contributed by atoms with van der Waals surface area (Å²) in [5, 5.41) is 11.9. The van der Waals surface area contributed by atoms with Crippen LogP contribution in [-0.2, 0) is 4.79 Å². The number of carboxylic acids is 1. The molecule has 2 rings (SSSR count). The average molecular weight is 268 g/mol. The highest BCUT2D eigenvalue weighted by Crippen LogP contribution is 2.29. The Morgan fingerprint density at radius 2 is 2.33 bits per heavy atom. The van der Waals surface area contributed by atoms with Gasteiger partial charge in [0.25, 0.3) is 0 Å². The van der Waals surface area contributed by atoms with Gasteiger partial charge in [0, 0.05) is 18.0 Å². The van der Waals surface area contributed by atoms with Gasteiger partial charge >= 0.3 is 5.97 Å². The highest BCUT2D eigenvalue weighted by molar-refractivity contribution is 7.09. The van der Waals surface area contributed by atoms with Crippen molar-refractivity contribution in [3.63, 3.8) is 0 Å². The molecule has 1 unspecified atom stereocenters.